The SMILES string of the molecule is CN(C)C(=O)CNI. The van der Waals surface area contributed by atoms with Crippen LogP contribution in [-0.2, 0) is 4.79 Å². The lowest BCUT2D eigenvalue weighted by atomic mass is 10.6. The van der Waals surface area contributed by atoms with E-state index in [0.29, 0.717) is 6.54 Å². The molecule has 0 bridgehead atoms. The van der Waals surface area contributed by atoms with E-state index in [2.05, 4.69) is 3.53 Å². The van der Waals surface area contributed by atoms with E-state index in [1.165, 1.54) is 0 Å². The van der Waals surface area contributed by atoms with Gasteiger partial charge in [0.15, 0.2) is 0 Å². The normalized spacial score (nSPS) is 8.88. The molecule has 1 N–H and O–H groups in total. The van der Waals surface area contributed by atoms with E-state index in [9.17, 15) is 4.79 Å². The number of carbonyl (C=O) groups excluding carboxylic acids is 1. The fourth-order valence-electron chi connectivity index (χ4n) is 0.215. The standard InChI is InChI=1S/C4H9IN2O/c1-7(2)4(8)3-6-5/h6H,3H2,1-2H3. The molecule has 0 aliphatic carbocycles. The second-order valence-electron chi connectivity index (χ2n) is 1.60. The van der Waals surface area contributed by atoms with E-state index < -0.39 is 0 Å². The summed E-state index contributed by atoms with van der Waals surface area (Å²) in [6, 6.07) is 0. The number of amides is 1. The highest BCUT2D eigenvalue weighted by Crippen LogP contribution is 1.76. The van der Waals surface area contributed by atoms with Crippen LogP contribution in [0, 0.1) is 0 Å². The van der Waals surface area contributed by atoms with Crippen LogP contribution in [-0.4, -0.2) is 31.4 Å². The number of likely N-dealkylation sites (N-methyl/N-ethyl adjacent to an activating group) is 1. The molecular formula is C4H9IN2O. The molecule has 0 spiro atoms. The van der Waals surface area contributed by atoms with Crippen molar-refractivity contribution in [3.05, 3.63) is 0 Å². The van der Waals surface area contributed by atoms with Crippen LogP contribution in [0.2, 0.25) is 0 Å². The Kier molecular flexibility index (Phi) is 4.16. The number of hydrogen-bond acceptors (Lipinski definition) is 2. The Balaban J connectivity index is 3.33. The van der Waals surface area contributed by atoms with Crippen LogP contribution in [0.4, 0.5) is 0 Å². The molecule has 4 heteroatoms. The molecule has 0 aromatic heterocycles. The summed E-state index contributed by atoms with van der Waals surface area (Å²) < 4.78 is 2.73. The Hall–Kier alpha value is 0.160. The van der Waals surface area contributed by atoms with Crippen LogP contribution in [0.5, 0.6) is 0 Å². The fourth-order valence-corrected chi connectivity index (χ4v) is 0.542. The summed E-state index contributed by atoms with van der Waals surface area (Å²) in [6.07, 6.45) is 0. The maximum Gasteiger partial charge on any atom is 0.236 e. The molecule has 0 saturated heterocycles. The van der Waals surface area contributed by atoms with E-state index in [0.717, 1.165) is 0 Å². The third-order valence-corrected chi connectivity index (χ3v) is 1.10. The fraction of sp³-hybridized carbons (Fsp3) is 0.750. The van der Waals surface area contributed by atoms with Crippen LogP contribution in [0.25, 0.3) is 0 Å². The van der Waals surface area contributed by atoms with Crippen molar-refractivity contribution in [1.29, 1.82) is 0 Å². The van der Waals surface area contributed by atoms with Gasteiger partial charge in [-0.3, -0.25) is 8.32 Å². The van der Waals surface area contributed by atoms with E-state index in [1.54, 1.807) is 19.0 Å². The molecule has 3 nitrogen and oxygen atoms in total. The van der Waals surface area contributed by atoms with Gasteiger partial charge in [-0.1, -0.05) is 0 Å². The number of carbonyl (C=O) groups is 1. The van der Waals surface area contributed by atoms with Gasteiger partial charge in [-0.05, 0) is 0 Å². The minimum atomic E-state index is 0.0967. The van der Waals surface area contributed by atoms with Crippen molar-refractivity contribution in [2.24, 2.45) is 0 Å². The largest absolute Gasteiger partial charge is 0.348 e. The maximum absolute atomic E-state index is 10.6. The molecule has 0 unspecified atom stereocenters. The second kappa shape index (κ2) is 4.08. The van der Waals surface area contributed by atoms with Crippen molar-refractivity contribution in [2.75, 3.05) is 20.6 Å². The molecule has 0 heterocycles. The van der Waals surface area contributed by atoms with E-state index >= 15 is 0 Å². The molecule has 0 aromatic carbocycles. The van der Waals surface area contributed by atoms with Gasteiger partial charge in [0.05, 0.1) is 6.54 Å². The lowest BCUT2D eigenvalue weighted by Gasteiger charge is -2.07. The summed E-state index contributed by atoms with van der Waals surface area (Å²) >= 11 is 1.94. The molecule has 0 aliphatic heterocycles. The minimum Gasteiger partial charge on any atom is -0.348 e. The van der Waals surface area contributed by atoms with Gasteiger partial charge in [0, 0.05) is 37.0 Å². The predicted molar refractivity (Wildman–Crippen MR) is 40.7 cm³/mol. The number of hydrogen-bond donors (Lipinski definition) is 1. The zero-order valence-corrected chi connectivity index (χ0v) is 7.10. The van der Waals surface area contributed by atoms with Crippen LogP contribution < -0.4 is 3.53 Å². The first-order valence-corrected chi connectivity index (χ1v) is 3.30. The van der Waals surface area contributed by atoms with Gasteiger partial charge >= 0.3 is 0 Å². The number of nitrogens with one attached hydrogen (secondary N) is 1. The first kappa shape index (κ1) is 8.16. The van der Waals surface area contributed by atoms with E-state index in [4.69, 9.17) is 0 Å². The van der Waals surface area contributed by atoms with Gasteiger partial charge in [-0.15, -0.1) is 0 Å². The second-order valence-corrected chi connectivity index (χ2v) is 2.36. The lowest BCUT2D eigenvalue weighted by molar-refractivity contribution is -0.127. The van der Waals surface area contributed by atoms with Crippen molar-refractivity contribution in [1.82, 2.24) is 8.43 Å². The summed E-state index contributed by atoms with van der Waals surface area (Å²) in [6.45, 7) is 0.410. The van der Waals surface area contributed by atoms with Crippen molar-refractivity contribution >= 4 is 28.8 Å². The zero-order valence-electron chi connectivity index (χ0n) is 4.94. The van der Waals surface area contributed by atoms with Gasteiger partial charge in [-0.2, -0.15) is 0 Å². The smallest absolute Gasteiger partial charge is 0.236 e. The molecule has 0 aromatic rings. The number of halogens is 1. The lowest BCUT2D eigenvalue weighted by Crippen LogP contribution is -2.28. The Morgan fingerprint density at radius 1 is 1.75 bits per heavy atom. The first-order valence-electron chi connectivity index (χ1n) is 2.22. The van der Waals surface area contributed by atoms with Gasteiger partial charge in [-0.25, -0.2) is 0 Å². The summed E-state index contributed by atoms with van der Waals surface area (Å²) in [7, 11) is 3.46. The first-order chi connectivity index (χ1) is 3.68. The molecule has 0 fully saturated rings. The summed E-state index contributed by atoms with van der Waals surface area (Å²) in [4.78, 5) is 12.1. The molecule has 0 saturated carbocycles. The minimum absolute atomic E-state index is 0.0967. The van der Waals surface area contributed by atoms with Gasteiger partial charge in [0.2, 0.25) is 5.91 Å². The van der Waals surface area contributed by atoms with Crippen LogP contribution in [0.3, 0.4) is 0 Å². The van der Waals surface area contributed by atoms with Crippen LogP contribution in [0.1, 0.15) is 0 Å². The highest BCUT2D eigenvalue weighted by molar-refractivity contribution is 14.1. The highest BCUT2D eigenvalue weighted by atomic mass is 127. The topological polar surface area (TPSA) is 32.3 Å². The molecule has 0 radical (unpaired) electrons. The Morgan fingerprint density at radius 2 is 2.25 bits per heavy atom. The van der Waals surface area contributed by atoms with Crippen LogP contribution >= 0.6 is 22.9 Å². The van der Waals surface area contributed by atoms with Gasteiger partial charge < -0.3 is 4.90 Å². The Labute approximate surface area is 62.9 Å². The molecule has 0 rings (SSSR count). The summed E-state index contributed by atoms with van der Waals surface area (Å²) in [5.74, 6) is 0.0967. The van der Waals surface area contributed by atoms with Gasteiger partial charge in [0.1, 0.15) is 0 Å². The zero-order chi connectivity index (χ0) is 6.57. The van der Waals surface area contributed by atoms with E-state index in [-0.39, 0.29) is 5.91 Å². The molecule has 48 valence electrons. The Bertz CT molecular complexity index is 84.1. The van der Waals surface area contributed by atoms with Crippen LogP contribution in [0.15, 0.2) is 0 Å². The molecule has 0 atom stereocenters. The summed E-state index contributed by atoms with van der Waals surface area (Å²) in [5, 5.41) is 0. The number of rotatable bonds is 2. The number of nitrogens with zero attached hydrogens (tertiary/aromatic N) is 1. The summed E-state index contributed by atoms with van der Waals surface area (Å²) in [5.41, 5.74) is 0. The predicted octanol–water partition coefficient (Wildman–Crippen LogP) is 0.0142. The van der Waals surface area contributed by atoms with Crippen molar-refractivity contribution in [2.45, 2.75) is 0 Å². The molecular weight excluding hydrogens is 219 g/mol. The quantitative estimate of drug-likeness (QED) is 0.533. The third-order valence-electron chi connectivity index (χ3n) is 0.717. The van der Waals surface area contributed by atoms with Crippen molar-refractivity contribution in [3.63, 3.8) is 0 Å². The monoisotopic (exact) mass is 228 g/mol. The molecule has 8 heavy (non-hydrogen) atoms. The Morgan fingerprint density at radius 3 is 2.38 bits per heavy atom. The maximum atomic E-state index is 10.6. The average molecular weight is 228 g/mol. The molecule has 0 aliphatic rings. The van der Waals surface area contributed by atoms with Crippen molar-refractivity contribution in [3.8, 4) is 0 Å². The van der Waals surface area contributed by atoms with Crippen molar-refractivity contribution < 1.29 is 4.79 Å². The third kappa shape index (κ3) is 3.20. The highest BCUT2D eigenvalue weighted by Gasteiger charge is 1.98. The van der Waals surface area contributed by atoms with Gasteiger partial charge in [0.25, 0.3) is 0 Å². The van der Waals surface area contributed by atoms with E-state index in [1.807, 2.05) is 22.9 Å². The molecule has 1 amide bonds. The average Bonchev–Trinajstić information content (AvgIpc) is 1.67.